The van der Waals surface area contributed by atoms with Crippen molar-refractivity contribution in [2.75, 3.05) is 39.1 Å². The van der Waals surface area contributed by atoms with Crippen LogP contribution in [0.2, 0.25) is 0 Å². The molecule has 0 saturated heterocycles. The van der Waals surface area contributed by atoms with E-state index >= 15 is 0 Å². The van der Waals surface area contributed by atoms with E-state index < -0.39 is 0 Å². The van der Waals surface area contributed by atoms with Gasteiger partial charge < -0.3 is 9.80 Å². The lowest BCUT2D eigenvalue weighted by atomic mass is 9.98. The SMILES string of the molecule is CN(Cc1ccc(N(C)C)cc1)C(=O)CN1CCc2sccc2[C@H]1c1cccs1. The molecule has 29 heavy (non-hydrogen) atoms. The minimum atomic E-state index is 0.168. The maximum atomic E-state index is 13.0. The number of anilines is 1. The molecule has 0 fully saturated rings. The van der Waals surface area contributed by atoms with Crippen LogP contribution in [0, 0.1) is 0 Å². The van der Waals surface area contributed by atoms with Crippen molar-refractivity contribution in [1.29, 1.82) is 0 Å². The largest absolute Gasteiger partial charge is 0.378 e. The number of benzene rings is 1. The molecular formula is C23H27N3OS2. The summed E-state index contributed by atoms with van der Waals surface area (Å²) in [5.41, 5.74) is 3.69. The number of rotatable bonds is 6. The van der Waals surface area contributed by atoms with Gasteiger partial charge in [-0.1, -0.05) is 18.2 Å². The molecule has 0 radical (unpaired) electrons. The molecule has 3 heterocycles. The topological polar surface area (TPSA) is 26.8 Å². The van der Waals surface area contributed by atoms with Crippen molar-refractivity contribution in [2.24, 2.45) is 0 Å². The number of hydrogen-bond acceptors (Lipinski definition) is 5. The van der Waals surface area contributed by atoms with Crippen molar-refractivity contribution < 1.29 is 4.79 Å². The molecule has 0 unspecified atom stereocenters. The summed E-state index contributed by atoms with van der Waals surface area (Å²) in [7, 11) is 5.97. The van der Waals surface area contributed by atoms with Crippen LogP contribution in [-0.4, -0.2) is 49.9 Å². The first-order chi connectivity index (χ1) is 14.0. The number of amides is 1. The zero-order valence-electron chi connectivity index (χ0n) is 17.2. The molecule has 4 nitrogen and oxygen atoms in total. The van der Waals surface area contributed by atoms with E-state index in [0.717, 1.165) is 18.5 Å². The first-order valence-corrected chi connectivity index (χ1v) is 11.6. The van der Waals surface area contributed by atoms with Crippen LogP contribution in [0.5, 0.6) is 0 Å². The number of fused-ring (bicyclic) bond motifs is 1. The van der Waals surface area contributed by atoms with E-state index in [1.165, 1.54) is 21.0 Å². The summed E-state index contributed by atoms with van der Waals surface area (Å²) in [6.07, 6.45) is 1.03. The van der Waals surface area contributed by atoms with Crippen molar-refractivity contribution in [3.63, 3.8) is 0 Å². The van der Waals surface area contributed by atoms with Gasteiger partial charge in [0.25, 0.3) is 0 Å². The first-order valence-electron chi connectivity index (χ1n) is 9.87. The van der Waals surface area contributed by atoms with Gasteiger partial charge in [0.2, 0.25) is 5.91 Å². The highest BCUT2D eigenvalue weighted by atomic mass is 32.1. The van der Waals surface area contributed by atoms with Gasteiger partial charge in [0.05, 0.1) is 12.6 Å². The molecule has 0 N–H and O–H groups in total. The van der Waals surface area contributed by atoms with E-state index in [4.69, 9.17) is 0 Å². The normalized spacial score (nSPS) is 16.4. The van der Waals surface area contributed by atoms with Gasteiger partial charge in [-0.2, -0.15) is 0 Å². The average molecular weight is 426 g/mol. The van der Waals surface area contributed by atoms with E-state index in [1.54, 1.807) is 11.3 Å². The minimum absolute atomic E-state index is 0.168. The van der Waals surface area contributed by atoms with Crippen molar-refractivity contribution in [2.45, 2.75) is 19.0 Å². The zero-order chi connectivity index (χ0) is 20.4. The Morgan fingerprint density at radius 2 is 1.86 bits per heavy atom. The highest BCUT2D eigenvalue weighted by molar-refractivity contribution is 7.10. The van der Waals surface area contributed by atoms with Crippen molar-refractivity contribution in [1.82, 2.24) is 9.80 Å². The third kappa shape index (κ3) is 4.39. The fourth-order valence-corrected chi connectivity index (χ4v) is 5.65. The molecule has 1 aliphatic heterocycles. The highest BCUT2D eigenvalue weighted by Crippen LogP contribution is 2.39. The molecule has 3 aromatic rings. The molecule has 1 atom stereocenters. The summed E-state index contributed by atoms with van der Waals surface area (Å²) in [4.78, 5) is 22.1. The highest BCUT2D eigenvalue weighted by Gasteiger charge is 2.32. The third-order valence-electron chi connectivity index (χ3n) is 5.51. The zero-order valence-corrected chi connectivity index (χ0v) is 18.8. The van der Waals surface area contributed by atoms with Gasteiger partial charge in [-0.05, 0) is 52.6 Å². The smallest absolute Gasteiger partial charge is 0.236 e. The summed E-state index contributed by atoms with van der Waals surface area (Å²) in [5, 5.41) is 4.31. The Hall–Kier alpha value is -2.15. The summed E-state index contributed by atoms with van der Waals surface area (Å²) < 4.78 is 0. The van der Waals surface area contributed by atoms with Crippen LogP contribution in [0.4, 0.5) is 5.69 Å². The maximum absolute atomic E-state index is 13.0. The van der Waals surface area contributed by atoms with E-state index in [-0.39, 0.29) is 11.9 Å². The standard InChI is InChI=1S/C23H27N3OS2/c1-24(2)18-8-6-17(7-9-18)15-25(3)22(27)16-26-12-10-20-19(11-14-29-20)23(26)21-5-4-13-28-21/h4-9,11,13-14,23H,10,12,15-16H2,1-3H3/t23-/m0/s1. The van der Waals surface area contributed by atoms with Crippen LogP contribution in [0.1, 0.15) is 26.9 Å². The number of carbonyl (C=O) groups is 1. The quantitative estimate of drug-likeness (QED) is 0.583. The second-order valence-electron chi connectivity index (χ2n) is 7.75. The second-order valence-corrected chi connectivity index (χ2v) is 9.73. The summed E-state index contributed by atoms with van der Waals surface area (Å²) in [6.45, 7) is 2.01. The minimum Gasteiger partial charge on any atom is -0.378 e. The van der Waals surface area contributed by atoms with Crippen LogP contribution in [0.15, 0.2) is 53.2 Å². The Labute approximate surface area is 181 Å². The molecule has 1 amide bonds. The second kappa shape index (κ2) is 8.69. The molecule has 2 aromatic heterocycles. The molecule has 4 rings (SSSR count). The van der Waals surface area contributed by atoms with E-state index in [2.05, 4.69) is 63.0 Å². The van der Waals surface area contributed by atoms with Crippen molar-refractivity contribution in [3.8, 4) is 0 Å². The molecule has 0 spiro atoms. The van der Waals surface area contributed by atoms with Gasteiger partial charge in [0.15, 0.2) is 0 Å². The number of likely N-dealkylation sites (N-methyl/N-ethyl adjacent to an activating group) is 1. The fourth-order valence-electron chi connectivity index (χ4n) is 3.87. The first kappa shape index (κ1) is 20.1. The number of thiophene rings is 2. The summed E-state index contributed by atoms with van der Waals surface area (Å²) >= 11 is 3.61. The molecular weight excluding hydrogens is 398 g/mol. The van der Waals surface area contributed by atoms with Gasteiger partial charge >= 0.3 is 0 Å². The van der Waals surface area contributed by atoms with Crippen molar-refractivity contribution in [3.05, 3.63) is 74.1 Å². The lowest BCUT2D eigenvalue weighted by Gasteiger charge is -2.35. The van der Waals surface area contributed by atoms with Gasteiger partial charge in [0, 0.05) is 49.7 Å². The predicted molar refractivity (Wildman–Crippen MR) is 123 cm³/mol. The maximum Gasteiger partial charge on any atom is 0.236 e. The Morgan fingerprint density at radius 1 is 1.07 bits per heavy atom. The summed E-state index contributed by atoms with van der Waals surface area (Å²) in [6, 6.07) is 15.1. The Balaban J connectivity index is 1.45. The number of hydrogen-bond donors (Lipinski definition) is 0. The third-order valence-corrected chi connectivity index (χ3v) is 7.44. The van der Waals surface area contributed by atoms with Crippen LogP contribution in [0.25, 0.3) is 0 Å². The predicted octanol–water partition coefficient (Wildman–Crippen LogP) is 4.48. The van der Waals surface area contributed by atoms with Crippen LogP contribution < -0.4 is 4.90 Å². The number of carbonyl (C=O) groups excluding carboxylic acids is 1. The molecule has 1 aromatic carbocycles. The van der Waals surface area contributed by atoms with E-state index in [1.807, 2.05) is 37.4 Å². The van der Waals surface area contributed by atoms with Gasteiger partial charge in [-0.15, -0.1) is 22.7 Å². The molecule has 6 heteroatoms. The fraction of sp³-hybridized carbons (Fsp3) is 0.348. The molecule has 1 aliphatic rings. The van der Waals surface area contributed by atoms with Gasteiger partial charge in [0.1, 0.15) is 0 Å². The monoisotopic (exact) mass is 425 g/mol. The molecule has 152 valence electrons. The Kier molecular flexibility index (Phi) is 6.04. The van der Waals surface area contributed by atoms with Gasteiger partial charge in [-0.25, -0.2) is 0 Å². The lowest BCUT2D eigenvalue weighted by Crippen LogP contribution is -2.42. The van der Waals surface area contributed by atoms with E-state index in [9.17, 15) is 4.79 Å². The molecule has 0 saturated carbocycles. The lowest BCUT2D eigenvalue weighted by molar-refractivity contribution is -0.132. The van der Waals surface area contributed by atoms with Crippen molar-refractivity contribution >= 4 is 34.3 Å². The van der Waals surface area contributed by atoms with Crippen LogP contribution >= 0.6 is 22.7 Å². The van der Waals surface area contributed by atoms with Crippen LogP contribution in [-0.2, 0) is 17.8 Å². The van der Waals surface area contributed by atoms with Gasteiger partial charge in [-0.3, -0.25) is 9.69 Å². The number of nitrogens with zero attached hydrogens (tertiary/aromatic N) is 3. The summed E-state index contributed by atoms with van der Waals surface area (Å²) in [5.74, 6) is 0.168. The van der Waals surface area contributed by atoms with Crippen LogP contribution in [0.3, 0.4) is 0 Å². The molecule has 0 aliphatic carbocycles. The molecule has 0 bridgehead atoms. The Bertz CT molecular complexity index is 947. The average Bonchev–Trinajstić information content (AvgIpc) is 3.40. The Morgan fingerprint density at radius 3 is 2.55 bits per heavy atom. The van der Waals surface area contributed by atoms with E-state index in [0.29, 0.717) is 13.1 Å².